The molecule has 1 aromatic heterocycles. The molecule has 2 rings (SSSR count). The third-order valence-corrected chi connectivity index (χ3v) is 4.15. The molecule has 0 fully saturated rings. The molecule has 8 nitrogen and oxygen atoms in total. The summed E-state index contributed by atoms with van der Waals surface area (Å²) < 4.78 is 4.53. The van der Waals surface area contributed by atoms with Gasteiger partial charge in [-0.3, -0.25) is 19.7 Å². The molecule has 0 saturated heterocycles. The van der Waals surface area contributed by atoms with Gasteiger partial charge in [0.15, 0.2) is 0 Å². The SMILES string of the molecule is COC(=O)CSc1ccc([N+](=O)[O-])c(C(=O)Nc2ccc(Cl)cn2)c1. The van der Waals surface area contributed by atoms with Gasteiger partial charge in [0.1, 0.15) is 11.4 Å². The zero-order valence-corrected chi connectivity index (χ0v) is 14.5. The molecular weight excluding hydrogens is 370 g/mol. The topological polar surface area (TPSA) is 111 Å². The number of thioether (sulfide) groups is 1. The van der Waals surface area contributed by atoms with Gasteiger partial charge in [-0.15, -0.1) is 11.8 Å². The molecule has 0 spiro atoms. The van der Waals surface area contributed by atoms with Crippen molar-refractivity contribution in [2.45, 2.75) is 4.90 Å². The minimum atomic E-state index is -0.693. The Labute approximate surface area is 151 Å². The van der Waals surface area contributed by atoms with Crippen molar-refractivity contribution in [2.75, 3.05) is 18.2 Å². The van der Waals surface area contributed by atoms with Gasteiger partial charge in [0, 0.05) is 17.2 Å². The van der Waals surface area contributed by atoms with E-state index in [9.17, 15) is 19.7 Å². The van der Waals surface area contributed by atoms with Crippen LogP contribution in [-0.2, 0) is 9.53 Å². The molecule has 0 bridgehead atoms. The number of nitro groups is 1. The van der Waals surface area contributed by atoms with Gasteiger partial charge in [-0.25, -0.2) is 4.98 Å². The fourth-order valence-corrected chi connectivity index (χ4v) is 2.66. The van der Waals surface area contributed by atoms with E-state index in [-0.39, 0.29) is 22.8 Å². The Morgan fingerprint density at radius 1 is 1.36 bits per heavy atom. The van der Waals surface area contributed by atoms with Crippen molar-refractivity contribution < 1.29 is 19.2 Å². The molecule has 25 heavy (non-hydrogen) atoms. The van der Waals surface area contributed by atoms with E-state index < -0.39 is 16.8 Å². The summed E-state index contributed by atoms with van der Waals surface area (Å²) in [5.41, 5.74) is -0.495. The van der Waals surface area contributed by atoms with Crippen molar-refractivity contribution in [1.82, 2.24) is 4.98 Å². The molecule has 1 amide bonds. The Hall–Kier alpha value is -2.65. The predicted octanol–water partition coefficient (Wildman–Crippen LogP) is 3.16. The lowest BCUT2D eigenvalue weighted by atomic mass is 10.1. The minimum Gasteiger partial charge on any atom is -0.468 e. The Morgan fingerprint density at radius 3 is 2.72 bits per heavy atom. The summed E-state index contributed by atoms with van der Waals surface area (Å²) in [5.74, 6) is -0.910. The maximum Gasteiger partial charge on any atom is 0.315 e. The van der Waals surface area contributed by atoms with Gasteiger partial charge in [0.2, 0.25) is 0 Å². The van der Waals surface area contributed by atoms with Crippen LogP contribution in [-0.4, -0.2) is 34.6 Å². The number of pyridine rings is 1. The van der Waals surface area contributed by atoms with Gasteiger partial charge in [0.25, 0.3) is 11.6 Å². The fourth-order valence-electron chi connectivity index (χ4n) is 1.78. The zero-order valence-electron chi connectivity index (χ0n) is 12.9. The van der Waals surface area contributed by atoms with Crippen LogP contribution in [0.1, 0.15) is 10.4 Å². The van der Waals surface area contributed by atoms with E-state index >= 15 is 0 Å². The van der Waals surface area contributed by atoms with Crippen molar-refractivity contribution in [3.05, 3.63) is 57.2 Å². The van der Waals surface area contributed by atoms with Gasteiger partial charge >= 0.3 is 5.97 Å². The maximum absolute atomic E-state index is 12.4. The molecular formula is C15H12ClN3O5S. The third-order valence-electron chi connectivity index (χ3n) is 2.96. The van der Waals surface area contributed by atoms with E-state index in [2.05, 4.69) is 15.0 Å². The molecule has 0 aliphatic carbocycles. The summed E-state index contributed by atoms with van der Waals surface area (Å²) in [4.78, 5) is 38.5. The first-order chi connectivity index (χ1) is 11.9. The lowest BCUT2D eigenvalue weighted by molar-refractivity contribution is -0.385. The van der Waals surface area contributed by atoms with Crippen LogP contribution in [0.25, 0.3) is 0 Å². The van der Waals surface area contributed by atoms with E-state index in [4.69, 9.17) is 11.6 Å². The maximum atomic E-state index is 12.4. The van der Waals surface area contributed by atoms with E-state index in [1.165, 1.54) is 43.6 Å². The second-order valence-corrected chi connectivity index (χ2v) is 6.10. The lowest BCUT2D eigenvalue weighted by Gasteiger charge is -2.07. The number of hydrogen-bond donors (Lipinski definition) is 1. The van der Waals surface area contributed by atoms with Gasteiger partial charge in [-0.05, 0) is 24.3 Å². The van der Waals surface area contributed by atoms with Crippen LogP contribution in [0, 0.1) is 10.1 Å². The molecule has 0 radical (unpaired) electrons. The molecule has 1 heterocycles. The largest absolute Gasteiger partial charge is 0.468 e. The lowest BCUT2D eigenvalue weighted by Crippen LogP contribution is -2.15. The number of halogens is 1. The first kappa shape index (κ1) is 18.7. The van der Waals surface area contributed by atoms with Crippen molar-refractivity contribution in [2.24, 2.45) is 0 Å². The van der Waals surface area contributed by atoms with Crippen LogP contribution >= 0.6 is 23.4 Å². The van der Waals surface area contributed by atoms with Crippen LogP contribution in [0.3, 0.4) is 0 Å². The van der Waals surface area contributed by atoms with Gasteiger partial charge in [0.05, 0.1) is 22.8 Å². The number of nitrogens with one attached hydrogen (secondary N) is 1. The van der Waals surface area contributed by atoms with Crippen LogP contribution in [0.5, 0.6) is 0 Å². The first-order valence-electron chi connectivity index (χ1n) is 6.81. The van der Waals surface area contributed by atoms with Crippen LogP contribution in [0.4, 0.5) is 11.5 Å². The molecule has 0 saturated carbocycles. The number of aromatic nitrogens is 1. The van der Waals surface area contributed by atoms with Crippen molar-refractivity contribution in [3.63, 3.8) is 0 Å². The van der Waals surface area contributed by atoms with Crippen molar-refractivity contribution >= 4 is 46.7 Å². The van der Waals surface area contributed by atoms with E-state index in [0.717, 1.165) is 11.8 Å². The van der Waals surface area contributed by atoms with Gasteiger partial charge in [-0.2, -0.15) is 0 Å². The Bertz CT molecular complexity index is 813. The molecule has 1 N–H and O–H groups in total. The number of hydrogen-bond acceptors (Lipinski definition) is 7. The minimum absolute atomic E-state index is 0.0219. The van der Waals surface area contributed by atoms with Crippen LogP contribution in [0.15, 0.2) is 41.4 Å². The predicted molar refractivity (Wildman–Crippen MR) is 93.0 cm³/mol. The standard InChI is InChI=1S/C15H12ClN3O5S/c1-24-14(20)8-25-10-3-4-12(19(22)23)11(6-10)15(21)18-13-5-2-9(16)7-17-13/h2-7H,8H2,1H3,(H,17,18,21). The normalized spacial score (nSPS) is 10.2. The first-order valence-corrected chi connectivity index (χ1v) is 8.18. The molecule has 0 aliphatic heterocycles. The van der Waals surface area contributed by atoms with Crippen molar-refractivity contribution in [3.8, 4) is 0 Å². The number of benzene rings is 1. The third kappa shape index (κ3) is 5.16. The fraction of sp³-hybridized carbons (Fsp3) is 0.133. The highest BCUT2D eigenvalue weighted by Crippen LogP contribution is 2.27. The van der Waals surface area contributed by atoms with Crippen molar-refractivity contribution in [1.29, 1.82) is 0 Å². The number of anilines is 1. The number of carbonyl (C=O) groups excluding carboxylic acids is 2. The highest BCUT2D eigenvalue weighted by Gasteiger charge is 2.21. The number of rotatable bonds is 6. The summed E-state index contributed by atoms with van der Waals surface area (Å²) >= 11 is 6.82. The van der Waals surface area contributed by atoms with Crippen LogP contribution in [0.2, 0.25) is 5.02 Å². The van der Waals surface area contributed by atoms with Crippen LogP contribution < -0.4 is 5.32 Å². The average molecular weight is 382 g/mol. The summed E-state index contributed by atoms with van der Waals surface area (Å²) in [6.45, 7) is 0. The highest BCUT2D eigenvalue weighted by atomic mass is 35.5. The van der Waals surface area contributed by atoms with E-state index in [1.54, 1.807) is 0 Å². The molecule has 2 aromatic rings. The number of esters is 1. The number of methoxy groups -OCH3 is 1. The summed E-state index contributed by atoms with van der Waals surface area (Å²) in [7, 11) is 1.26. The monoisotopic (exact) mass is 381 g/mol. The smallest absolute Gasteiger partial charge is 0.315 e. The van der Waals surface area contributed by atoms with E-state index in [1.807, 2.05) is 0 Å². The zero-order chi connectivity index (χ0) is 18.4. The number of carbonyl (C=O) groups is 2. The van der Waals surface area contributed by atoms with Gasteiger partial charge < -0.3 is 10.1 Å². The molecule has 0 unspecified atom stereocenters. The summed E-state index contributed by atoms with van der Waals surface area (Å²) in [6.07, 6.45) is 1.34. The number of ether oxygens (including phenoxy) is 1. The Morgan fingerprint density at radius 2 is 2.12 bits per heavy atom. The Balaban J connectivity index is 2.25. The second kappa shape index (κ2) is 8.45. The number of nitrogens with zero attached hydrogens (tertiary/aromatic N) is 2. The quantitative estimate of drug-likeness (QED) is 0.354. The molecule has 10 heteroatoms. The highest BCUT2D eigenvalue weighted by molar-refractivity contribution is 8.00. The average Bonchev–Trinajstić information content (AvgIpc) is 2.61. The number of nitro benzene ring substituents is 1. The molecule has 0 atom stereocenters. The molecule has 1 aromatic carbocycles. The summed E-state index contributed by atoms with van der Waals surface area (Å²) in [5, 5.41) is 14.0. The Kier molecular flexibility index (Phi) is 6.31. The number of amides is 1. The second-order valence-electron chi connectivity index (χ2n) is 4.62. The van der Waals surface area contributed by atoms with E-state index in [0.29, 0.717) is 9.92 Å². The molecule has 130 valence electrons. The molecule has 0 aliphatic rings. The summed E-state index contributed by atoms with van der Waals surface area (Å²) in [6, 6.07) is 7.02. The van der Waals surface area contributed by atoms with Gasteiger partial charge in [-0.1, -0.05) is 11.6 Å².